The van der Waals surface area contributed by atoms with Crippen molar-refractivity contribution in [2.24, 2.45) is 0 Å². The molecule has 0 N–H and O–H groups in total. The Kier molecular flexibility index (Phi) is 3.16. The molecule has 4 heteroatoms. The minimum Gasteiger partial charge on any atom is -0.493 e. The quantitative estimate of drug-likeness (QED) is 0.770. The smallest absolute Gasteiger partial charge is 0.179 e. The maximum absolute atomic E-state index is 11.4. The topological polar surface area (TPSA) is 43.4 Å². The molecule has 0 heterocycles. The van der Waals surface area contributed by atoms with Crippen molar-refractivity contribution in [2.75, 3.05) is 12.9 Å². The second kappa shape index (κ2) is 4.00. The fourth-order valence-electron chi connectivity index (χ4n) is 1.19. The van der Waals surface area contributed by atoms with Gasteiger partial charge in [-0.15, -0.1) is 0 Å². The fraction of sp³-hybridized carbons (Fsp3) is 0.400. The Bertz CT molecular complexity index is 421. The van der Waals surface area contributed by atoms with Gasteiger partial charge in [-0.3, -0.25) is 0 Å². The Hall–Kier alpha value is -1.03. The third kappa shape index (κ3) is 2.48. The van der Waals surface area contributed by atoms with E-state index in [2.05, 4.69) is 0 Å². The lowest BCUT2D eigenvalue weighted by Gasteiger charge is -2.09. The van der Waals surface area contributed by atoms with Crippen LogP contribution in [-0.2, 0) is 9.84 Å². The van der Waals surface area contributed by atoms with E-state index in [1.807, 2.05) is 13.8 Å². The molecular weight excluding hydrogens is 200 g/mol. The molecule has 1 aromatic rings. The van der Waals surface area contributed by atoms with Crippen molar-refractivity contribution >= 4 is 9.84 Å². The molecule has 14 heavy (non-hydrogen) atoms. The van der Waals surface area contributed by atoms with Crippen LogP contribution in [-0.4, -0.2) is 21.3 Å². The number of benzene rings is 1. The predicted molar refractivity (Wildman–Crippen MR) is 55.5 cm³/mol. The number of aryl methyl sites for hydroxylation is 1. The highest BCUT2D eigenvalue weighted by molar-refractivity contribution is 7.90. The summed E-state index contributed by atoms with van der Waals surface area (Å²) in [7, 11) is -3.20. The Balaban J connectivity index is 3.29. The van der Waals surface area contributed by atoms with Gasteiger partial charge in [-0.1, -0.05) is 6.07 Å². The summed E-state index contributed by atoms with van der Waals surface area (Å²) >= 11 is 0. The molecule has 0 atom stereocenters. The Morgan fingerprint density at radius 3 is 2.50 bits per heavy atom. The van der Waals surface area contributed by atoms with Gasteiger partial charge in [-0.2, -0.15) is 0 Å². The molecule has 0 saturated carbocycles. The molecule has 0 aromatic heterocycles. The molecule has 0 saturated heterocycles. The summed E-state index contributed by atoms with van der Waals surface area (Å²) in [6.45, 7) is 4.19. The largest absolute Gasteiger partial charge is 0.493 e. The molecule has 0 aliphatic carbocycles. The maximum Gasteiger partial charge on any atom is 0.179 e. The van der Waals surface area contributed by atoms with Crippen molar-refractivity contribution in [3.05, 3.63) is 23.8 Å². The van der Waals surface area contributed by atoms with Crippen molar-refractivity contribution in [3.63, 3.8) is 0 Å². The first-order valence-electron chi connectivity index (χ1n) is 4.38. The number of hydrogen-bond acceptors (Lipinski definition) is 3. The summed E-state index contributed by atoms with van der Waals surface area (Å²) in [5.74, 6) is 0.440. The van der Waals surface area contributed by atoms with E-state index < -0.39 is 9.84 Å². The summed E-state index contributed by atoms with van der Waals surface area (Å²) in [4.78, 5) is 0.255. The third-order valence-electron chi connectivity index (χ3n) is 1.80. The molecule has 0 aliphatic rings. The van der Waals surface area contributed by atoms with Gasteiger partial charge in [-0.05, 0) is 31.5 Å². The summed E-state index contributed by atoms with van der Waals surface area (Å²) in [5.41, 5.74) is 0.987. The maximum atomic E-state index is 11.4. The number of rotatable bonds is 3. The van der Waals surface area contributed by atoms with Gasteiger partial charge in [0.05, 0.1) is 6.61 Å². The molecule has 0 radical (unpaired) electrons. The van der Waals surface area contributed by atoms with E-state index in [1.165, 1.54) is 6.26 Å². The van der Waals surface area contributed by atoms with E-state index in [9.17, 15) is 8.42 Å². The minimum absolute atomic E-state index is 0.255. The standard InChI is InChI=1S/C10H14O3S/c1-4-13-9-7-8(2)5-6-10(9)14(3,11)12/h5-7H,4H2,1-3H3. The van der Waals surface area contributed by atoms with Crippen molar-refractivity contribution in [1.82, 2.24) is 0 Å². The Labute approximate surface area is 84.6 Å². The van der Waals surface area contributed by atoms with Gasteiger partial charge in [0.1, 0.15) is 10.6 Å². The average molecular weight is 214 g/mol. The van der Waals surface area contributed by atoms with Crippen LogP contribution in [0.5, 0.6) is 5.75 Å². The molecule has 1 rings (SSSR count). The van der Waals surface area contributed by atoms with Crippen LogP contribution >= 0.6 is 0 Å². The van der Waals surface area contributed by atoms with Gasteiger partial charge < -0.3 is 4.74 Å². The molecule has 78 valence electrons. The van der Waals surface area contributed by atoms with Gasteiger partial charge in [0.25, 0.3) is 0 Å². The van der Waals surface area contributed by atoms with Gasteiger partial charge in [0.15, 0.2) is 9.84 Å². The molecule has 0 spiro atoms. The first kappa shape index (κ1) is 11.0. The molecule has 0 fully saturated rings. The Morgan fingerprint density at radius 1 is 1.36 bits per heavy atom. The lowest BCUT2D eigenvalue weighted by atomic mass is 10.2. The van der Waals surface area contributed by atoms with Crippen molar-refractivity contribution < 1.29 is 13.2 Å². The van der Waals surface area contributed by atoms with Gasteiger partial charge in [0, 0.05) is 6.26 Å². The van der Waals surface area contributed by atoms with Gasteiger partial charge in [-0.25, -0.2) is 8.42 Å². The van der Waals surface area contributed by atoms with Crippen LogP contribution in [0.2, 0.25) is 0 Å². The summed E-state index contributed by atoms with van der Waals surface area (Å²) < 4.78 is 28.0. The van der Waals surface area contributed by atoms with Crippen molar-refractivity contribution in [1.29, 1.82) is 0 Å². The van der Waals surface area contributed by atoms with Crippen LogP contribution < -0.4 is 4.74 Å². The normalized spacial score (nSPS) is 11.4. The summed E-state index contributed by atoms with van der Waals surface area (Å²) in [6, 6.07) is 5.08. The van der Waals surface area contributed by atoms with E-state index >= 15 is 0 Å². The van der Waals surface area contributed by atoms with Crippen LogP contribution in [0.15, 0.2) is 23.1 Å². The molecule has 0 amide bonds. The summed E-state index contributed by atoms with van der Waals surface area (Å²) in [6.07, 6.45) is 1.18. The summed E-state index contributed by atoms with van der Waals surface area (Å²) in [5, 5.41) is 0. The second-order valence-corrected chi connectivity index (χ2v) is 5.14. The van der Waals surface area contributed by atoms with Crippen LogP contribution in [0.25, 0.3) is 0 Å². The monoisotopic (exact) mass is 214 g/mol. The van der Waals surface area contributed by atoms with Crippen LogP contribution in [0.3, 0.4) is 0 Å². The minimum atomic E-state index is -3.20. The van der Waals surface area contributed by atoms with Crippen molar-refractivity contribution in [2.45, 2.75) is 18.7 Å². The lowest BCUT2D eigenvalue weighted by molar-refractivity contribution is 0.331. The highest BCUT2D eigenvalue weighted by Gasteiger charge is 2.13. The Morgan fingerprint density at radius 2 is 2.00 bits per heavy atom. The first-order chi connectivity index (χ1) is 6.45. The SMILES string of the molecule is CCOc1cc(C)ccc1S(C)(=O)=O. The van der Waals surface area contributed by atoms with Gasteiger partial charge >= 0.3 is 0 Å². The van der Waals surface area contributed by atoms with Gasteiger partial charge in [0.2, 0.25) is 0 Å². The lowest BCUT2D eigenvalue weighted by Crippen LogP contribution is -2.02. The average Bonchev–Trinajstić information content (AvgIpc) is 2.02. The predicted octanol–water partition coefficient (Wildman–Crippen LogP) is 1.80. The van der Waals surface area contributed by atoms with E-state index in [0.717, 1.165) is 5.56 Å². The number of hydrogen-bond donors (Lipinski definition) is 0. The number of sulfone groups is 1. The van der Waals surface area contributed by atoms with E-state index in [4.69, 9.17) is 4.74 Å². The van der Waals surface area contributed by atoms with E-state index in [-0.39, 0.29) is 4.90 Å². The van der Waals surface area contributed by atoms with Crippen molar-refractivity contribution in [3.8, 4) is 5.75 Å². The zero-order chi connectivity index (χ0) is 10.8. The van der Waals surface area contributed by atoms with Crippen LogP contribution in [0, 0.1) is 6.92 Å². The third-order valence-corrected chi connectivity index (χ3v) is 2.93. The number of ether oxygens (including phenoxy) is 1. The molecule has 1 aromatic carbocycles. The van der Waals surface area contributed by atoms with E-state index in [0.29, 0.717) is 12.4 Å². The van der Waals surface area contributed by atoms with E-state index in [1.54, 1.807) is 18.2 Å². The first-order valence-corrected chi connectivity index (χ1v) is 6.28. The van der Waals surface area contributed by atoms with Crippen LogP contribution in [0.1, 0.15) is 12.5 Å². The molecule has 3 nitrogen and oxygen atoms in total. The second-order valence-electron chi connectivity index (χ2n) is 3.16. The highest BCUT2D eigenvalue weighted by atomic mass is 32.2. The molecule has 0 bridgehead atoms. The zero-order valence-corrected chi connectivity index (χ0v) is 9.39. The fourth-order valence-corrected chi connectivity index (χ4v) is 1.99. The van der Waals surface area contributed by atoms with Crippen LogP contribution in [0.4, 0.5) is 0 Å². The molecular formula is C10H14O3S. The zero-order valence-electron chi connectivity index (χ0n) is 8.57. The highest BCUT2D eigenvalue weighted by Crippen LogP contribution is 2.24. The molecule has 0 unspecified atom stereocenters. The molecule has 0 aliphatic heterocycles.